The summed E-state index contributed by atoms with van der Waals surface area (Å²) in [4.78, 5) is 0. The Kier molecular flexibility index (Phi) is 4.87. The number of aromatic nitrogens is 2. The van der Waals surface area contributed by atoms with Gasteiger partial charge in [0, 0.05) is 13.1 Å². The van der Waals surface area contributed by atoms with E-state index in [9.17, 15) is 0 Å². The van der Waals surface area contributed by atoms with Crippen molar-refractivity contribution in [1.29, 1.82) is 0 Å². The van der Waals surface area contributed by atoms with Gasteiger partial charge in [-0.05, 0) is 39.7 Å². The van der Waals surface area contributed by atoms with Crippen LogP contribution in [0.2, 0.25) is 5.02 Å². The van der Waals surface area contributed by atoms with Gasteiger partial charge in [0.25, 0.3) is 0 Å². The third-order valence-electron chi connectivity index (χ3n) is 3.81. The highest BCUT2D eigenvalue weighted by atomic mass is 35.5. The topological polar surface area (TPSA) is 39.1 Å². The van der Waals surface area contributed by atoms with Crippen LogP contribution in [0, 0.1) is 0 Å². The molecule has 1 aliphatic rings. The van der Waals surface area contributed by atoms with Gasteiger partial charge in [0.1, 0.15) is 0 Å². The quantitative estimate of drug-likeness (QED) is 0.904. The Morgan fingerprint density at radius 2 is 2.26 bits per heavy atom. The molecule has 0 spiro atoms. The van der Waals surface area contributed by atoms with E-state index in [1.807, 2.05) is 4.68 Å². The lowest BCUT2D eigenvalue weighted by molar-refractivity contribution is -0.0594. The summed E-state index contributed by atoms with van der Waals surface area (Å²) < 4.78 is 8.09. The maximum atomic E-state index is 6.39. The molecule has 2 heterocycles. The molecule has 19 heavy (non-hydrogen) atoms. The second-order valence-corrected chi connectivity index (χ2v) is 5.77. The summed E-state index contributed by atoms with van der Waals surface area (Å²) in [6.45, 7) is 9.69. The van der Waals surface area contributed by atoms with Crippen molar-refractivity contribution in [1.82, 2.24) is 15.1 Å². The number of hydrogen-bond acceptors (Lipinski definition) is 3. The van der Waals surface area contributed by atoms with Crippen LogP contribution in [0.4, 0.5) is 0 Å². The van der Waals surface area contributed by atoms with E-state index in [0.29, 0.717) is 6.61 Å². The van der Waals surface area contributed by atoms with E-state index in [4.69, 9.17) is 16.3 Å². The van der Waals surface area contributed by atoms with Gasteiger partial charge in [-0.2, -0.15) is 5.10 Å². The van der Waals surface area contributed by atoms with E-state index in [2.05, 4.69) is 31.2 Å². The lowest BCUT2D eigenvalue weighted by atomic mass is 9.96. The van der Waals surface area contributed by atoms with Gasteiger partial charge in [-0.1, -0.05) is 18.5 Å². The van der Waals surface area contributed by atoms with Crippen LogP contribution in [-0.2, 0) is 24.3 Å². The fraction of sp³-hybridized carbons (Fsp3) is 0.786. The molecule has 0 radical (unpaired) electrons. The largest absolute Gasteiger partial charge is 0.368 e. The molecule has 1 atom stereocenters. The highest BCUT2D eigenvalue weighted by Crippen LogP contribution is 2.26. The Balaban J connectivity index is 2.08. The molecule has 2 rings (SSSR count). The Morgan fingerprint density at radius 3 is 2.84 bits per heavy atom. The number of piperidine rings is 1. The second kappa shape index (κ2) is 6.25. The summed E-state index contributed by atoms with van der Waals surface area (Å²) in [6.07, 6.45) is 3.12. The first kappa shape index (κ1) is 14.8. The van der Waals surface area contributed by atoms with Crippen molar-refractivity contribution in [3.63, 3.8) is 0 Å². The average molecular weight is 286 g/mol. The minimum Gasteiger partial charge on any atom is -0.368 e. The molecule has 1 aromatic rings. The Bertz CT molecular complexity index is 425. The Hall–Kier alpha value is -0.580. The van der Waals surface area contributed by atoms with Gasteiger partial charge in [0.05, 0.1) is 28.6 Å². The van der Waals surface area contributed by atoms with Crippen LogP contribution >= 0.6 is 11.6 Å². The van der Waals surface area contributed by atoms with E-state index in [1.54, 1.807) is 0 Å². The molecule has 1 unspecified atom stereocenters. The van der Waals surface area contributed by atoms with Crippen LogP contribution in [0.15, 0.2) is 0 Å². The number of nitrogens with zero attached hydrogens (tertiary/aromatic N) is 2. The lowest BCUT2D eigenvalue weighted by Crippen LogP contribution is -2.45. The van der Waals surface area contributed by atoms with Gasteiger partial charge in [-0.25, -0.2) is 0 Å². The molecule has 4 nitrogen and oxygen atoms in total. The predicted molar refractivity (Wildman–Crippen MR) is 77.6 cm³/mol. The summed E-state index contributed by atoms with van der Waals surface area (Å²) >= 11 is 6.39. The molecular formula is C14H24ClN3O. The van der Waals surface area contributed by atoms with E-state index in [1.165, 1.54) is 0 Å². The first-order valence-electron chi connectivity index (χ1n) is 7.18. The summed E-state index contributed by atoms with van der Waals surface area (Å²) in [7, 11) is 0. The molecule has 1 N–H and O–H groups in total. The van der Waals surface area contributed by atoms with Gasteiger partial charge in [-0.15, -0.1) is 0 Å². The van der Waals surface area contributed by atoms with E-state index < -0.39 is 0 Å². The zero-order valence-corrected chi connectivity index (χ0v) is 12.9. The third-order valence-corrected chi connectivity index (χ3v) is 4.25. The minimum atomic E-state index is -0.0865. The molecular weight excluding hydrogens is 262 g/mol. The molecule has 0 bridgehead atoms. The monoisotopic (exact) mass is 285 g/mol. The second-order valence-electron chi connectivity index (χ2n) is 5.40. The van der Waals surface area contributed by atoms with E-state index in [-0.39, 0.29) is 5.60 Å². The first-order valence-corrected chi connectivity index (χ1v) is 7.56. The van der Waals surface area contributed by atoms with E-state index >= 15 is 0 Å². The first-order chi connectivity index (χ1) is 9.09. The van der Waals surface area contributed by atoms with Gasteiger partial charge in [0.15, 0.2) is 0 Å². The Morgan fingerprint density at radius 1 is 1.47 bits per heavy atom. The maximum Gasteiger partial charge on any atom is 0.0908 e. The summed E-state index contributed by atoms with van der Waals surface area (Å²) in [5, 5.41) is 8.69. The van der Waals surface area contributed by atoms with Crippen LogP contribution in [0.25, 0.3) is 0 Å². The summed E-state index contributed by atoms with van der Waals surface area (Å²) in [5.74, 6) is 0. The molecule has 0 aliphatic carbocycles. The van der Waals surface area contributed by atoms with E-state index in [0.717, 1.165) is 55.3 Å². The molecule has 0 amide bonds. The number of nitrogens with one attached hydrogen (secondary N) is 1. The van der Waals surface area contributed by atoms with Crippen molar-refractivity contribution >= 4 is 11.6 Å². The maximum absolute atomic E-state index is 6.39. The van der Waals surface area contributed by atoms with Gasteiger partial charge in [0.2, 0.25) is 0 Å². The number of aryl methyl sites for hydroxylation is 2. The zero-order valence-electron chi connectivity index (χ0n) is 12.1. The molecule has 1 aliphatic heterocycles. The van der Waals surface area contributed by atoms with Crippen molar-refractivity contribution in [3.05, 3.63) is 16.4 Å². The van der Waals surface area contributed by atoms with Gasteiger partial charge >= 0.3 is 0 Å². The van der Waals surface area contributed by atoms with Crippen molar-refractivity contribution in [2.75, 3.05) is 13.1 Å². The highest BCUT2D eigenvalue weighted by molar-refractivity contribution is 6.31. The van der Waals surface area contributed by atoms with Crippen molar-refractivity contribution in [3.8, 4) is 0 Å². The standard InChI is InChI=1S/C14H24ClN3O/c1-4-11-13(15)12(18(5-2)17-11)9-19-14(3)7-6-8-16-10-14/h16H,4-10H2,1-3H3. The summed E-state index contributed by atoms with van der Waals surface area (Å²) in [6, 6.07) is 0. The van der Waals surface area contributed by atoms with Crippen molar-refractivity contribution in [2.45, 2.75) is 58.8 Å². The molecule has 1 aromatic heterocycles. The fourth-order valence-corrected chi connectivity index (χ4v) is 2.87. The molecule has 108 valence electrons. The zero-order chi connectivity index (χ0) is 13.9. The van der Waals surface area contributed by atoms with Crippen LogP contribution in [0.1, 0.15) is 45.0 Å². The molecule has 0 aromatic carbocycles. The van der Waals surface area contributed by atoms with Crippen molar-refractivity contribution < 1.29 is 4.74 Å². The molecule has 0 saturated carbocycles. The Labute approximate surface area is 120 Å². The normalized spacial score (nSPS) is 23.8. The number of halogens is 1. The van der Waals surface area contributed by atoms with Crippen LogP contribution in [-0.4, -0.2) is 28.5 Å². The molecule has 5 heteroatoms. The fourth-order valence-electron chi connectivity index (χ4n) is 2.55. The molecule has 1 saturated heterocycles. The predicted octanol–water partition coefficient (Wildman–Crippen LogP) is 2.78. The third kappa shape index (κ3) is 3.30. The number of rotatable bonds is 5. The van der Waals surface area contributed by atoms with Crippen LogP contribution in [0.5, 0.6) is 0 Å². The average Bonchev–Trinajstić information content (AvgIpc) is 2.73. The SMILES string of the molecule is CCc1nn(CC)c(COC2(C)CCCNC2)c1Cl. The van der Waals surface area contributed by atoms with Crippen LogP contribution in [0.3, 0.4) is 0 Å². The highest BCUT2D eigenvalue weighted by Gasteiger charge is 2.28. The lowest BCUT2D eigenvalue weighted by Gasteiger charge is -2.34. The molecule has 1 fully saturated rings. The summed E-state index contributed by atoms with van der Waals surface area (Å²) in [5.41, 5.74) is 1.89. The van der Waals surface area contributed by atoms with Crippen LogP contribution < -0.4 is 5.32 Å². The van der Waals surface area contributed by atoms with Gasteiger partial charge in [-0.3, -0.25) is 4.68 Å². The number of ether oxygens (including phenoxy) is 1. The number of hydrogen-bond donors (Lipinski definition) is 1. The van der Waals surface area contributed by atoms with Crippen molar-refractivity contribution in [2.24, 2.45) is 0 Å². The minimum absolute atomic E-state index is 0.0865. The smallest absolute Gasteiger partial charge is 0.0908 e. The van der Waals surface area contributed by atoms with Gasteiger partial charge < -0.3 is 10.1 Å².